The van der Waals surface area contributed by atoms with Crippen molar-refractivity contribution in [1.29, 1.82) is 0 Å². The van der Waals surface area contributed by atoms with E-state index in [1.165, 1.54) is 0 Å². The second-order valence-electron chi connectivity index (χ2n) is 5.19. The van der Waals surface area contributed by atoms with Gasteiger partial charge in [-0.05, 0) is 11.6 Å². The van der Waals surface area contributed by atoms with Crippen molar-refractivity contribution in [2.45, 2.75) is 32.2 Å². The summed E-state index contributed by atoms with van der Waals surface area (Å²) in [6.45, 7) is 3.17. The van der Waals surface area contributed by atoms with Crippen LogP contribution in [-0.2, 0) is 17.8 Å². The number of hydrogen-bond acceptors (Lipinski definition) is 5. The highest BCUT2D eigenvalue weighted by Gasteiger charge is 2.30. The van der Waals surface area contributed by atoms with E-state index in [0.717, 1.165) is 11.3 Å². The van der Waals surface area contributed by atoms with Crippen LogP contribution in [0, 0.1) is 0 Å². The van der Waals surface area contributed by atoms with Crippen molar-refractivity contribution in [2.24, 2.45) is 0 Å². The molecule has 0 bridgehead atoms. The zero-order valence-electron chi connectivity index (χ0n) is 11.8. The van der Waals surface area contributed by atoms with E-state index in [-0.39, 0.29) is 12.3 Å². The maximum Gasteiger partial charge on any atom is 0.304 e. The highest BCUT2D eigenvalue weighted by Crippen LogP contribution is 2.38. The summed E-state index contributed by atoms with van der Waals surface area (Å²) in [6, 6.07) is 7.91. The van der Waals surface area contributed by atoms with Crippen LogP contribution in [0.2, 0.25) is 0 Å². The summed E-state index contributed by atoms with van der Waals surface area (Å²) in [4.78, 5) is 17.4. The van der Waals surface area contributed by atoms with Gasteiger partial charge in [0, 0.05) is 24.6 Å². The van der Waals surface area contributed by atoms with E-state index >= 15 is 0 Å². The van der Waals surface area contributed by atoms with E-state index in [0.29, 0.717) is 31.2 Å². The third-order valence-electron chi connectivity index (χ3n) is 3.72. The highest BCUT2D eigenvalue weighted by atomic mass is 16.5. The summed E-state index contributed by atoms with van der Waals surface area (Å²) in [5, 5.41) is 13.0. The molecule has 2 heterocycles. The molecular weight excluding hydrogens is 270 g/mol. The molecule has 110 valence electrons. The van der Waals surface area contributed by atoms with Gasteiger partial charge in [0.05, 0.1) is 13.0 Å². The summed E-state index contributed by atoms with van der Waals surface area (Å²) in [5.41, 5.74) is 2.14. The molecular formula is C15H17N3O3. The Kier molecular flexibility index (Phi) is 3.60. The lowest BCUT2D eigenvalue weighted by Gasteiger charge is -2.17. The first-order valence-electron chi connectivity index (χ1n) is 7.04. The molecule has 1 unspecified atom stereocenters. The first-order valence-corrected chi connectivity index (χ1v) is 7.04. The standard InChI is InChI=1S/C15H17N3O3/c1-2-14-16-13(17-21-14)9-18-8-10(7-15(19)20)11-5-3-4-6-12(11)18/h3-6,10H,2,7-9H2,1H3,(H,19,20). The molecule has 21 heavy (non-hydrogen) atoms. The van der Waals surface area contributed by atoms with E-state index < -0.39 is 5.97 Å². The number of rotatable bonds is 5. The number of para-hydroxylation sites is 1. The molecule has 0 spiro atoms. The Hall–Kier alpha value is -2.37. The fraction of sp³-hybridized carbons (Fsp3) is 0.400. The fourth-order valence-electron chi connectivity index (χ4n) is 2.79. The van der Waals surface area contributed by atoms with Gasteiger partial charge in [0.1, 0.15) is 0 Å². The monoisotopic (exact) mass is 287 g/mol. The average Bonchev–Trinajstić information content (AvgIpc) is 3.05. The van der Waals surface area contributed by atoms with Gasteiger partial charge in [-0.2, -0.15) is 4.98 Å². The first kappa shape index (κ1) is 13.6. The lowest BCUT2D eigenvalue weighted by Crippen LogP contribution is -2.22. The quantitative estimate of drug-likeness (QED) is 0.908. The Labute approximate surface area is 122 Å². The van der Waals surface area contributed by atoms with Crippen LogP contribution in [0.15, 0.2) is 28.8 Å². The number of anilines is 1. The normalized spacial score (nSPS) is 17.0. The number of carbonyl (C=O) groups is 1. The van der Waals surface area contributed by atoms with Crippen LogP contribution in [0.25, 0.3) is 0 Å². The third kappa shape index (κ3) is 2.74. The predicted molar refractivity (Wildman–Crippen MR) is 76.2 cm³/mol. The molecule has 2 aromatic rings. The maximum atomic E-state index is 11.0. The Morgan fingerprint density at radius 1 is 1.48 bits per heavy atom. The number of fused-ring (bicyclic) bond motifs is 1. The number of aliphatic carboxylic acids is 1. The van der Waals surface area contributed by atoms with Crippen molar-refractivity contribution >= 4 is 11.7 Å². The van der Waals surface area contributed by atoms with Gasteiger partial charge in [0.15, 0.2) is 5.82 Å². The summed E-state index contributed by atoms with van der Waals surface area (Å²) in [5.74, 6) is 0.498. The Morgan fingerprint density at radius 3 is 3.00 bits per heavy atom. The lowest BCUT2D eigenvalue weighted by molar-refractivity contribution is -0.137. The number of nitrogens with zero attached hydrogens (tertiary/aromatic N) is 3. The molecule has 0 fully saturated rings. The molecule has 0 saturated carbocycles. The Morgan fingerprint density at radius 2 is 2.29 bits per heavy atom. The van der Waals surface area contributed by atoms with E-state index in [9.17, 15) is 4.79 Å². The summed E-state index contributed by atoms with van der Waals surface area (Å²) < 4.78 is 5.12. The van der Waals surface area contributed by atoms with Gasteiger partial charge in [-0.25, -0.2) is 0 Å². The van der Waals surface area contributed by atoms with Gasteiger partial charge < -0.3 is 14.5 Å². The predicted octanol–water partition coefficient (Wildman–Crippen LogP) is 2.21. The Bertz CT molecular complexity index is 653. The molecule has 1 aromatic heterocycles. The van der Waals surface area contributed by atoms with Crippen molar-refractivity contribution in [3.8, 4) is 0 Å². The van der Waals surface area contributed by atoms with Gasteiger partial charge in [-0.1, -0.05) is 30.3 Å². The Balaban J connectivity index is 1.82. The molecule has 1 aliphatic heterocycles. The number of carboxylic acids is 1. The van der Waals surface area contributed by atoms with E-state index in [2.05, 4.69) is 15.0 Å². The number of aryl methyl sites for hydroxylation is 1. The van der Waals surface area contributed by atoms with Crippen LogP contribution in [-0.4, -0.2) is 27.8 Å². The van der Waals surface area contributed by atoms with Crippen LogP contribution in [0.4, 0.5) is 5.69 Å². The molecule has 0 aliphatic carbocycles. The first-order chi connectivity index (χ1) is 10.2. The smallest absolute Gasteiger partial charge is 0.304 e. The molecule has 1 atom stereocenters. The average molecular weight is 287 g/mol. The zero-order valence-corrected chi connectivity index (χ0v) is 11.8. The van der Waals surface area contributed by atoms with Crippen LogP contribution < -0.4 is 4.90 Å². The van der Waals surface area contributed by atoms with Crippen molar-refractivity contribution in [1.82, 2.24) is 10.1 Å². The van der Waals surface area contributed by atoms with E-state index in [1.54, 1.807) is 0 Å². The van der Waals surface area contributed by atoms with Crippen LogP contribution >= 0.6 is 0 Å². The van der Waals surface area contributed by atoms with Crippen LogP contribution in [0.1, 0.15) is 36.5 Å². The van der Waals surface area contributed by atoms with Crippen molar-refractivity contribution in [2.75, 3.05) is 11.4 Å². The SMILES string of the molecule is CCc1nc(CN2CC(CC(=O)O)c3ccccc32)no1. The van der Waals surface area contributed by atoms with Crippen LogP contribution in [0.5, 0.6) is 0 Å². The van der Waals surface area contributed by atoms with Gasteiger partial charge in [-0.3, -0.25) is 4.79 Å². The van der Waals surface area contributed by atoms with Crippen LogP contribution in [0.3, 0.4) is 0 Å². The van der Waals surface area contributed by atoms with Gasteiger partial charge in [0.2, 0.25) is 5.89 Å². The van der Waals surface area contributed by atoms with E-state index in [1.807, 2.05) is 31.2 Å². The molecule has 0 amide bonds. The number of hydrogen-bond donors (Lipinski definition) is 1. The minimum Gasteiger partial charge on any atom is -0.481 e. The number of carboxylic acid groups (broad SMARTS) is 1. The molecule has 1 N–H and O–H groups in total. The topological polar surface area (TPSA) is 79.5 Å². The molecule has 1 aromatic carbocycles. The minimum absolute atomic E-state index is 0.0104. The fourth-order valence-corrected chi connectivity index (χ4v) is 2.79. The van der Waals surface area contributed by atoms with Gasteiger partial charge in [-0.15, -0.1) is 0 Å². The number of aromatic nitrogens is 2. The van der Waals surface area contributed by atoms with Gasteiger partial charge >= 0.3 is 5.97 Å². The van der Waals surface area contributed by atoms with E-state index in [4.69, 9.17) is 9.63 Å². The largest absolute Gasteiger partial charge is 0.481 e. The molecule has 0 radical (unpaired) electrons. The molecule has 6 nitrogen and oxygen atoms in total. The maximum absolute atomic E-state index is 11.0. The summed E-state index contributed by atoms with van der Waals surface area (Å²) in [6.07, 6.45) is 0.852. The zero-order chi connectivity index (χ0) is 14.8. The van der Waals surface area contributed by atoms with Gasteiger partial charge in [0.25, 0.3) is 0 Å². The highest BCUT2D eigenvalue weighted by molar-refractivity contribution is 5.71. The molecule has 1 aliphatic rings. The lowest BCUT2D eigenvalue weighted by atomic mass is 9.98. The second kappa shape index (κ2) is 5.55. The van der Waals surface area contributed by atoms with Crippen molar-refractivity contribution < 1.29 is 14.4 Å². The minimum atomic E-state index is -0.774. The third-order valence-corrected chi connectivity index (χ3v) is 3.72. The molecule has 3 rings (SSSR count). The van der Waals surface area contributed by atoms with Crippen molar-refractivity contribution in [3.63, 3.8) is 0 Å². The molecule has 6 heteroatoms. The second-order valence-corrected chi connectivity index (χ2v) is 5.19. The molecule has 0 saturated heterocycles. The van der Waals surface area contributed by atoms with Crippen molar-refractivity contribution in [3.05, 3.63) is 41.5 Å². The summed E-state index contributed by atoms with van der Waals surface area (Å²) >= 11 is 0. The summed E-state index contributed by atoms with van der Waals surface area (Å²) in [7, 11) is 0. The number of benzene rings is 1.